The van der Waals surface area contributed by atoms with Gasteiger partial charge in [0.05, 0.1) is 11.7 Å². The molecule has 0 bridgehead atoms. The molecule has 1 unspecified atom stereocenters. The summed E-state index contributed by atoms with van der Waals surface area (Å²) in [6, 6.07) is 8.17. The predicted molar refractivity (Wildman–Crippen MR) is 70.9 cm³/mol. The van der Waals surface area contributed by atoms with Crippen LogP contribution in [0.5, 0.6) is 0 Å². The summed E-state index contributed by atoms with van der Waals surface area (Å²) in [5.41, 5.74) is 5.49. The summed E-state index contributed by atoms with van der Waals surface area (Å²) in [4.78, 5) is 0. The zero-order chi connectivity index (χ0) is 15.6. The molecule has 0 radical (unpaired) electrons. The van der Waals surface area contributed by atoms with Crippen molar-refractivity contribution in [2.45, 2.75) is 18.7 Å². The van der Waals surface area contributed by atoms with Gasteiger partial charge in [0.1, 0.15) is 5.82 Å². The van der Waals surface area contributed by atoms with Crippen LogP contribution in [0.25, 0.3) is 0 Å². The Labute approximate surface area is 118 Å². The van der Waals surface area contributed by atoms with Crippen molar-refractivity contribution in [2.75, 3.05) is 5.73 Å². The number of nitrogens with two attached hydrogens (primary N) is 1. The van der Waals surface area contributed by atoms with Gasteiger partial charge in [-0.25, -0.2) is 4.39 Å². The number of hydrogen-bond donors (Lipinski definition) is 2. The molecular weight excluding hydrogens is 286 g/mol. The molecule has 0 saturated heterocycles. The number of hydrogen-bond acceptors (Lipinski definition) is 2. The quantitative estimate of drug-likeness (QED) is 0.670. The number of aliphatic hydroxyl groups is 1. The number of anilines is 1. The third-order valence-corrected chi connectivity index (χ3v) is 3.09. The van der Waals surface area contributed by atoms with Crippen LogP contribution < -0.4 is 5.73 Å². The van der Waals surface area contributed by atoms with E-state index in [9.17, 15) is 22.7 Å². The van der Waals surface area contributed by atoms with Crippen LogP contribution in [-0.4, -0.2) is 5.11 Å². The molecule has 2 rings (SSSR count). The fraction of sp³-hybridized carbons (Fsp3) is 0.200. The van der Waals surface area contributed by atoms with Crippen LogP contribution in [0, 0.1) is 5.82 Å². The maximum atomic E-state index is 13.2. The maximum absolute atomic E-state index is 13.2. The Hall–Kier alpha value is -2.08. The van der Waals surface area contributed by atoms with Gasteiger partial charge in [0.2, 0.25) is 0 Å². The minimum absolute atomic E-state index is 0.0857. The first kappa shape index (κ1) is 15.3. The number of alkyl halides is 3. The van der Waals surface area contributed by atoms with Crippen molar-refractivity contribution in [1.29, 1.82) is 0 Å². The van der Waals surface area contributed by atoms with Crippen molar-refractivity contribution in [3.8, 4) is 0 Å². The molecule has 2 nitrogen and oxygen atoms in total. The lowest BCUT2D eigenvalue weighted by molar-refractivity contribution is -0.137. The molecule has 0 aliphatic carbocycles. The van der Waals surface area contributed by atoms with Gasteiger partial charge < -0.3 is 10.8 Å². The highest BCUT2D eigenvalue weighted by molar-refractivity contribution is 5.48. The largest absolute Gasteiger partial charge is 0.416 e. The van der Waals surface area contributed by atoms with Crippen LogP contribution in [-0.2, 0) is 12.6 Å². The van der Waals surface area contributed by atoms with Crippen molar-refractivity contribution in [3.63, 3.8) is 0 Å². The van der Waals surface area contributed by atoms with Crippen molar-refractivity contribution in [2.24, 2.45) is 0 Å². The van der Waals surface area contributed by atoms with Crippen LogP contribution in [0.4, 0.5) is 23.2 Å². The molecule has 0 amide bonds. The van der Waals surface area contributed by atoms with E-state index in [0.29, 0.717) is 5.56 Å². The van der Waals surface area contributed by atoms with Crippen molar-refractivity contribution in [3.05, 3.63) is 65.0 Å². The number of rotatable bonds is 3. The van der Waals surface area contributed by atoms with Gasteiger partial charge in [-0.15, -0.1) is 0 Å². The molecule has 0 heterocycles. The van der Waals surface area contributed by atoms with Gasteiger partial charge in [-0.05, 0) is 29.8 Å². The average Bonchev–Trinajstić information content (AvgIpc) is 2.41. The van der Waals surface area contributed by atoms with Gasteiger partial charge in [-0.3, -0.25) is 0 Å². The third-order valence-electron chi connectivity index (χ3n) is 3.09. The lowest BCUT2D eigenvalue weighted by Crippen LogP contribution is -2.08. The van der Waals surface area contributed by atoms with Crippen LogP contribution in [0.2, 0.25) is 0 Å². The van der Waals surface area contributed by atoms with E-state index < -0.39 is 23.7 Å². The number of aliphatic hydroxyl groups excluding tert-OH is 1. The van der Waals surface area contributed by atoms with Crippen LogP contribution in [0.15, 0.2) is 42.5 Å². The Morgan fingerprint density at radius 3 is 2.48 bits per heavy atom. The molecule has 6 heteroatoms. The summed E-state index contributed by atoms with van der Waals surface area (Å²) in [6.45, 7) is 0. The Bertz CT molecular complexity index is 640. The fourth-order valence-corrected chi connectivity index (χ4v) is 2.04. The molecule has 21 heavy (non-hydrogen) atoms. The summed E-state index contributed by atoms with van der Waals surface area (Å²) in [6.07, 6.45) is -5.71. The Kier molecular flexibility index (Phi) is 4.18. The first-order valence-electron chi connectivity index (χ1n) is 6.16. The molecule has 2 aromatic carbocycles. The molecular formula is C15H13F4NO. The fourth-order valence-electron chi connectivity index (χ4n) is 2.04. The van der Waals surface area contributed by atoms with E-state index >= 15 is 0 Å². The maximum Gasteiger partial charge on any atom is 0.416 e. The molecule has 2 aromatic rings. The molecule has 0 aliphatic heterocycles. The lowest BCUT2D eigenvalue weighted by Gasteiger charge is -2.15. The number of nitrogen functional groups attached to an aromatic ring is 1. The first-order chi connectivity index (χ1) is 9.77. The highest BCUT2D eigenvalue weighted by Gasteiger charge is 2.30. The summed E-state index contributed by atoms with van der Waals surface area (Å²) in [7, 11) is 0. The molecule has 1 atom stereocenters. The Balaban J connectivity index is 2.23. The minimum Gasteiger partial charge on any atom is -0.398 e. The highest BCUT2D eigenvalue weighted by atomic mass is 19.4. The first-order valence-corrected chi connectivity index (χ1v) is 6.16. The second-order valence-corrected chi connectivity index (χ2v) is 4.69. The predicted octanol–water partition coefficient (Wildman–Crippen LogP) is 3.70. The van der Waals surface area contributed by atoms with Gasteiger partial charge in [0.25, 0.3) is 0 Å². The van der Waals surface area contributed by atoms with Gasteiger partial charge in [-0.1, -0.05) is 18.2 Å². The standard InChI is InChI=1S/C15H13F4NO/c16-11-4-5-13(20)12(8-11)14(21)7-9-2-1-3-10(6-9)15(17,18)19/h1-6,8,14,21H,7,20H2. The monoisotopic (exact) mass is 299 g/mol. The minimum atomic E-state index is -4.45. The van der Waals surface area contributed by atoms with E-state index in [4.69, 9.17) is 5.73 Å². The van der Waals surface area contributed by atoms with Crippen LogP contribution in [0.1, 0.15) is 22.8 Å². The second-order valence-electron chi connectivity index (χ2n) is 4.69. The SMILES string of the molecule is Nc1ccc(F)cc1C(O)Cc1cccc(C(F)(F)F)c1. The topological polar surface area (TPSA) is 46.2 Å². The van der Waals surface area contributed by atoms with Crippen LogP contribution >= 0.6 is 0 Å². The molecule has 0 fully saturated rings. The number of halogens is 4. The third kappa shape index (κ3) is 3.72. The van der Waals surface area contributed by atoms with Gasteiger partial charge in [-0.2, -0.15) is 13.2 Å². The second kappa shape index (κ2) is 5.73. The lowest BCUT2D eigenvalue weighted by atomic mass is 9.98. The normalized spacial score (nSPS) is 13.2. The zero-order valence-corrected chi connectivity index (χ0v) is 10.9. The highest BCUT2D eigenvalue weighted by Crippen LogP contribution is 2.31. The van der Waals surface area contributed by atoms with Gasteiger partial charge in [0, 0.05) is 17.7 Å². The summed E-state index contributed by atoms with van der Waals surface area (Å²) < 4.78 is 51.0. The molecule has 0 saturated carbocycles. The molecule has 0 spiro atoms. The zero-order valence-electron chi connectivity index (χ0n) is 10.9. The Morgan fingerprint density at radius 2 is 1.81 bits per heavy atom. The average molecular weight is 299 g/mol. The summed E-state index contributed by atoms with van der Waals surface area (Å²) in [5.74, 6) is -0.567. The van der Waals surface area contributed by atoms with E-state index in [0.717, 1.165) is 24.3 Å². The summed E-state index contributed by atoms with van der Waals surface area (Å²) in [5, 5.41) is 10.0. The molecule has 0 aromatic heterocycles. The van der Waals surface area contributed by atoms with Crippen LogP contribution in [0.3, 0.4) is 0 Å². The van der Waals surface area contributed by atoms with Crippen molar-refractivity contribution in [1.82, 2.24) is 0 Å². The van der Waals surface area contributed by atoms with E-state index in [1.165, 1.54) is 18.2 Å². The van der Waals surface area contributed by atoms with Crippen molar-refractivity contribution >= 4 is 5.69 Å². The van der Waals surface area contributed by atoms with E-state index in [-0.39, 0.29) is 17.7 Å². The van der Waals surface area contributed by atoms with E-state index in [2.05, 4.69) is 0 Å². The van der Waals surface area contributed by atoms with Gasteiger partial charge in [0.15, 0.2) is 0 Å². The number of benzene rings is 2. The summed E-state index contributed by atoms with van der Waals surface area (Å²) >= 11 is 0. The van der Waals surface area contributed by atoms with E-state index in [1.54, 1.807) is 0 Å². The van der Waals surface area contributed by atoms with Crippen molar-refractivity contribution < 1.29 is 22.7 Å². The molecule has 112 valence electrons. The smallest absolute Gasteiger partial charge is 0.398 e. The van der Waals surface area contributed by atoms with Gasteiger partial charge >= 0.3 is 6.18 Å². The molecule has 3 N–H and O–H groups in total. The Morgan fingerprint density at radius 1 is 1.10 bits per heavy atom. The molecule has 0 aliphatic rings. The van der Waals surface area contributed by atoms with E-state index in [1.807, 2.05) is 0 Å².